The van der Waals surface area contributed by atoms with Gasteiger partial charge < -0.3 is 4.74 Å². The number of allylic oxidation sites excluding steroid dienone is 2. The zero-order valence-corrected chi connectivity index (χ0v) is 12.2. The largest absolute Gasteiger partial charge is 0.494 e. The van der Waals surface area contributed by atoms with E-state index >= 15 is 0 Å². The minimum absolute atomic E-state index is 0.566. The molecule has 0 bridgehead atoms. The lowest BCUT2D eigenvalue weighted by atomic mass is 9.97. The number of hydrogen-bond donors (Lipinski definition) is 0. The van der Waals surface area contributed by atoms with Gasteiger partial charge in [-0.2, -0.15) is 0 Å². The molecule has 1 aromatic carbocycles. The summed E-state index contributed by atoms with van der Waals surface area (Å²) in [5.74, 6) is 1.61. The zero-order chi connectivity index (χ0) is 13.4. The van der Waals surface area contributed by atoms with E-state index in [0.717, 1.165) is 31.6 Å². The first-order valence-corrected chi connectivity index (χ1v) is 7.12. The first-order valence-electron chi connectivity index (χ1n) is 7.12. The van der Waals surface area contributed by atoms with Crippen molar-refractivity contribution in [3.63, 3.8) is 0 Å². The van der Waals surface area contributed by atoms with E-state index in [2.05, 4.69) is 51.1 Å². The molecule has 1 unspecified atom stereocenters. The topological polar surface area (TPSA) is 9.23 Å². The van der Waals surface area contributed by atoms with Crippen molar-refractivity contribution in [3.05, 3.63) is 41.5 Å². The third-order valence-corrected chi connectivity index (χ3v) is 3.08. The fraction of sp³-hybridized carbons (Fsp3) is 0.529. The number of rotatable bonds is 7. The van der Waals surface area contributed by atoms with Gasteiger partial charge in [-0.15, -0.1) is 0 Å². The van der Waals surface area contributed by atoms with Gasteiger partial charge in [0.2, 0.25) is 0 Å². The zero-order valence-electron chi connectivity index (χ0n) is 12.2. The summed E-state index contributed by atoms with van der Waals surface area (Å²) >= 11 is 0. The molecule has 0 radical (unpaired) electrons. The predicted octanol–water partition coefficient (Wildman–Crippen LogP) is 4.79. The van der Waals surface area contributed by atoms with Crippen LogP contribution in [0.3, 0.4) is 0 Å². The van der Waals surface area contributed by atoms with Crippen molar-refractivity contribution < 1.29 is 4.74 Å². The summed E-state index contributed by atoms with van der Waals surface area (Å²) in [6, 6.07) is 6.58. The van der Waals surface area contributed by atoms with Crippen molar-refractivity contribution in [2.45, 2.75) is 47.0 Å². The molecule has 0 amide bonds. The fourth-order valence-corrected chi connectivity index (χ4v) is 2.09. The molecule has 1 rings (SSSR count). The van der Waals surface area contributed by atoms with Crippen molar-refractivity contribution in [2.24, 2.45) is 5.92 Å². The highest BCUT2D eigenvalue weighted by atomic mass is 16.5. The maximum Gasteiger partial charge on any atom is 0.122 e. The lowest BCUT2D eigenvalue weighted by Crippen LogP contribution is -2.02. The van der Waals surface area contributed by atoms with Gasteiger partial charge in [-0.1, -0.05) is 45.1 Å². The summed E-state index contributed by atoms with van der Waals surface area (Å²) in [6.45, 7) is 9.41. The van der Waals surface area contributed by atoms with E-state index in [9.17, 15) is 0 Å². The molecule has 0 N–H and O–H groups in total. The molecule has 0 aliphatic rings. The Labute approximate surface area is 112 Å². The molecule has 18 heavy (non-hydrogen) atoms. The molecular weight excluding hydrogens is 220 g/mol. The predicted molar refractivity (Wildman–Crippen MR) is 79.3 cm³/mol. The van der Waals surface area contributed by atoms with Gasteiger partial charge in [0, 0.05) is 0 Å². The molecule has 100 valence electrons. The van der Waals surface area contributed by atoms with Gasteiger partial charge in [-0.05, 0) is 49.3 Å². The van der Waals surface area contributed by atoms with Crippen LogP contribution in [0.15, 0.2) is 30.4 Å². The molecule has 0 aliphatic heterocycles. The lowest BCUT2D eigenvalue weighted by molar-refractivity contribution is 0.335. The summed E-state index contributed by atoms with van der Waals surface area (Å²) in [6.07, 6.45) is 7.79. The summed E-state index contributed by atoms with van der Waals surface area (Å²) in [5, 5.41) is 0. The number of aryl methyl sites for hydroxylation is 1. The SMILES string of the molecule is CC/C=C\C(C)Cc1cc(CC)ccc1OCC. The lowest BCUT2D eigenvalue weighted by Gasteiger charge is -2.14. The molecule has 1 atom stereocenters. The van der Waals surface area contributed by atoms with Crippen LogP contribution in [-0.2, 0) is 12.8 Å². The highest BCUT2D eigenvalue weighted by Gasteiger charge is 2.07. The Morgan fingerprint density at radius 1 is 1.22 bits per heavy atom. The second-order valence-electron chi connectivity index (χ2n) is 4.75. The van der Waals surface area contributed by atoms with Crippen LogP contribution in [0.25, 0.3) is 0 Å². The van der Waals surface area contributed by atoms with Crippen LogP contribution in [-0.4, -0.2) is 6.61 Å². The molecule has 1 heteroatoms. The van der Waals surface area contributed by atoms with Gasteiger partial charge in [-0.3, -0.25) is 0 Å². The smallest absolute Gasteiger partial charge is 0.122 e. The van der Waals surface area contributed by atoms with Crippen molar-refractivity contribution in [2.75, 3.05) is 6.61 Å². The Morgan fingerprint density at radius 3 is 2.61 bits per heavy atom. The van der Waals surface area contributed by atoms with Gasteiger partial charge in [0.25, 0.3) is 0 Å². The normalized spacial score (nSPS) is 12.9. The van der Waals surface area contributed by atoms with Crippen LogP contribution in [0, 0.1) is 5.92 Å². The molecular formula is C17H26O. The molecule has 0 fully saturated rings. The van der Waals surface area contributed by atoms with Crippen LogP contribution in [0.1, 0.15) is 45.2 Å². The molecule has 0 saturated heterocycles. The highest BCUT2D eigenvalue weighted by molar-refractivity contribution is 5.38. The summed E-state index contributed by atoms with van der Waals surface area (Å²) in [7, 11) is 0. The average Bonchev–Trinajstić information content (AvgIpc) is 2.38. The van der Waals surface area contributed by atoms with Crippen molar-refractivity contribution in [1.82, 2.24) is 0 Å². The van der Waals surface area contributed by atoms with Crippen LogP contribution in [0.5, 0.6) is 5.75 Å². The van der Waals surface area contributed by atoms with Gasteiger partial charge in [0.1, 0.15) is 5.75 Å². The van der Waals surface area contributed by atoms with Crippen molar-refractivity contribution >= 4 is 0 Å². The number of benzene rings is 1. The molecule has 1 aromatic rings. The maximum atomic E-state index is 5.72. The molecule has 0 aromatic heterocycles. The highest BCUT2D eigenvalue weighted by Crippen LogP contribution is 2.24. The van der Waals surface area contributed by atoms with Gasteiger partial charge >= 0.3 is 0 Å². The van der Waals surface area contributed by atoms with Crippen molar-refractivity contribution in [3.8, 4) is 5.75 Å². The maximum absolute atomic E-state index is 5.72. The van der Waals surface area contributed by atoms with Crippen molar-refractivity contribution in [1.29, 1.82) is 0 Å². The Bertz CT molecular complexity index is 379. The Balaban J connectivity index is 2.85. The van der Waals surface area contributed by atoms with Crippen LogP contribution >= 0.6 is 0 Å². The van der Waals surface area contributed by atoms with E-state index in [1.165, 1.54) is 11.1 Å². The first-order chi connectivity index (χ1) is 8.71. The molecule has 0 spiro atoms. The third kappa shape index (κ3) is 4.56. The van der Waals surface area contributed by atoms with E-state index in [4.69, 9.17) is 4.74 Å². The van der Waals surface area contributed by atoms with Gasteiger partial charge in [-0.25, -0.2) is 0 Å². The summed E-state index contributed by atoms with van der Waals surface area (Å²) in [4.78, 5) is 0. The van der Waals surface area contributed by atoms with Gasteiger partial charge in [0.15, 0.2) is 0 Å². The van der Waals surface area contributed by atoms with Crippen LogP contribution in [0.2, 0.25) is 0 Å². The Hall–Kier alpha value is -1.24. The minimum atomic E-state index is 0.566. The fourth-order valence-electron chi connectivity index (χ4n) is 2.09. The number of hydrogen-bond acceptors (Lipinski definition) is 1. The average molecular weight is 246 g/mol. The van der Waals surface area contributed by atoms with E-state index in [0.29, 0.717) is 5.92 Å². The van der Waals surface area contributed by atoms with E-state index in [-0.39, 0.29) is 0 Å². The van der Waals surface area contributed by atoms with E-state index in [1.807, 2.05) is 6.92 Å². The van der Waals surface area contributed by atoms with E-state index in [1.54, 1.807) is 0 Å². The minimum Gasteiger partial charge on any atom is -0.494 e. The molecule has 0 aliphatic carbocycles. The monoisotopic (exact) mass is 246 g/mol. The Kier molecular flexibility index (Phi) is 6.56. The number of ether oxygens (including phenoxy) is 1. The van der Waals surface area contributed by atoms with Crippen LogP contribution in [0.4, 0.5) is 0 Å². The quantitative estimate of drug-likeness (QED) is 0.628. The second kappa shape index (κ2) is 7.97. The second-order valence-corrected chi connectivity index (χ2v) is 4.75. The summed E-state index contributed by atoms with van der Waals surface area (Å²) < 4.78 is 5.72. The summed E-state index contributed by atoms with van der Waals surface area (Å²) in [5.41, 5.74) is 2.73. The molecule has 1 nitrogen and oxygen atoms in total. The first kappa shape index (κ1) is 14.8. The third-order valence-electron chi connectivity index (χ3n) is 3.08. The van der Waals surface area contributed by atoms with E-state index < -0.39 is 0 Å². The standard InChI is InChI=1S/C17H26O/c1-5-8-9-14(4)12-16-13-15(6-2)10-11-17(16)18-7-3/h8-11,13-14H,5-7,12H2,1-4H3/b9-8-. The molecule has 0 saturated carbocycles. The van der Waals surface area contributed by atoms with Gasteiger partial charge in [0.05, 0.1) is 6.61 Å². The molecule has 0 heterocycles. The Morgan fingerprint density at radius 2 is 2.00 bits per heavy atom. The van der Waals surface area contributed by atoms with Crippen LogP contribution < -0.4 is 4.74 Å².